The summed E-state index contributed by atoms with van der Waals surface area (Å²) in [5.41, 5.74) is -0.977. The number of carboxylic acids is 1. The summed E-state index contributed by atoms with van der Waals surface area (Å²) in [6.45, 7) is 6.96. The van der Waals surface area contributed by atoms with Crippen LogP contribution in [-0.4, -0.2) is 67.5 Å². The molecule has 1 rings (SSSR count). The van der Waals surface area contributed by atoms with Crippen LogP contribution in [0.3, 0.4) is 0 Å². The smallest absolute Gasteiger partial charge is 0.311 e. The van der Waals surface area contributed by atoms with E-state index in [1.54, 1.807) is 18.7 Å². The number of esters is 1. The fraction of sp³-hybridized carbons (Fsp3) is 0.842. The number of likely N-dealkylation sites (N-methyl/N-ethyl adjacent to an activating group) is 1. The molecule has 7 heteroatoms. The predicted octanol–water partition coefficient (Wildman–Crippen LogP) is 0.665. The van der Waals surface area contributed by atoms with Crippen molar-refractivity contribution in [1.29, 1.82) is 0 Å². The third-order valence-corrected chi connectivity index (χ3v) is 5.18. The second-order valence-corrected chi connectivity index (χ2v) is 7.87. The van der Waals surface area contributed by atoms with Gasteiger partial charge in [0.25, 0.3) is 0 Å². The number of rotatable bonds is 11. The lowest BCUT2D eigenvalue weighted by atomic mass is 9.75. The molecule has 1 aliphatic rings. The van der Waals surface area contributed by atoms with Gasteiger partial charge in [0.1, 0.15) is 6.61 Å². The van der Waals surface area contributed by atoms with Crippen LogP contribution in [0.1, 0.15) is 52.9 Å². The lowest BCUT2D eigenvalue weighted by molar-refractivity contribution is -0.312. The summed E-state index contributed by atoms with van der Waals surface area (Å²) in [6.07, 6.45) is 2.27. The van der Waals surface area contributed by atoms with Crippen LogP contribution < -0.4 is 5.11 Å². The third kappa shape index (κ3) is 6.27. The second-order valence-electron chi connectivity index (χ2n) is 7.87. The molecule has 0 aromatic carbocycles. The van der Waals surface area contributed by atoms with Crippen LogP contribution in [0.4, 0.5) is 0 Å². The van der Waals surface area contributed by atoms with E-state index in [9.17, 15) is 19.5 Å². The molecule has 1 aliphatic heterocycles. The van der Waals surface area contributed by atoms with Crippen LogP contribution in [0.5, 0.6) is 0 Å². The highest BCUT2D eigenvalue weighted by atomic mass is 16.5. The van der Waals surface area contributed by atoms with Crippen molar-refractivity contribution in [2.24, 2.45) is 11.3 Å². The normalized spacial score (nSPS) is 19.3. The molecular formula is C19H33N2O5-. The highest BCUT2D eigenvalue weighted by molar-refractivity contribution is 5.79. The van der Waals surface area contributed by atoms with Crippen molar-refractivity contribution in [3.05, 3.63) is 0 Å². The average molecular weight is 369 g/mol. The number of hydrogen-bond acceptors (Lipinski definition) is 6. The first-order chi connectivity index (χ1) is 12.1. The van der Waals surface area contributed by atoms with Gasteiger partial charge in [-0.05, 0) is 59.5 Å². The van der Waals surface area contributed by atoms with Crippen LogP contribution in [-0.2, 0) is 19.1 Å². The van der Waals surface area contributed by atoms with Gasteiger partial charge in [0.05, 0.1) is 5.41 Å². The van der Waals surface area contributed by atoms with Crippen molar-refractivity contribution in [1.82, 2.24) is 9.80 Å². The second kappa shape index (κ2) is 9.90. The van der Waals surface area contributed by atoms with E-state index in [-0.39, 0.29) is 25.0 Å². The lowest BCUT2D eigenvalue weighted by Crippen LogP contribution is -2.44. The number of likely N-dealkylation sites (tertiary alicyclic amines) is 1. The number of amides is 1. The molecule has 150 valence electrons. The van der Waals surface area contributed by atoms with E-state index in [0.717, 1.165) is 6.42 Å². The summed E-state index contributed by atoms with van der Waals surface area (Å²) >= 11 is 0. The van der Waals surface area contributed by atoms with Crippen molar-refractivity contribution < 1.29 is 24.2 Å². The highest BCUT2D eigenvalue weighted by Gasteiger charge is 2.40. The molecule has 7 nitrogen and oxygen atoms in total. The lowest BCUT2D eigenvalue weighted by Gasteiger charge is -2.36. The van der Waals surface area contributed by atoms with E-state index < -0.39 is 23.3 Å². The number of carbonyl (C=O) groups excluding carboxylic acids is 3. The standard InChI is InChI=1S/C19H34N2O5/c1-6-15(17(23)24)13-19(3,18(25)26-11-10-20(4)5)12-14(2)21-9-7-8-16(21)22/h14-15H,6-13H2,1-5H3,(H,23,24)/p-1. The fourth-order valence-corrected chi connectivity index (χ4v) is 3.58. The zero-order chi connectivity index (χ0) is 19.9. The van der Waals surface area contributed by atoms with Gasteiger partial charge in [-0.15, -0.1) is 0 Å². The predicted molar refractivity (Wildman–Crippen MR) is 96.1 cm³/mol. The van der Waals surface area contributed by atoms with E-state index in [1.807, 2.05) is 25.9 Å². The van der Waals surface area contributed by atoms with Crippen LogP contribution in [0.15, 0.2) is 0 Å². The average Bonchev–Trinajstić information content (AvgIpc) is 2.98. The Morgan fingerprint density at radius 3 is 2.46 bits per heavy atom. The molecule has 0 radical (unpaired) electrons. The number of carbonyl (C=O) groups is 3. The highest BCUT2D eigenvalue weighted by Crippen LogP contribution is 2.36. The SMILES string of the molecule is CCC(CC(C)(CC(C)N1CCCC1=O)C(=O)OCCN(C)C)C(=O)[O-]. The quantitative estimate of drug-likeness (QED) is 0.497. The molecule has 1 fully saturated rings. The molecule has 0 bridgehead atoms. The maximum Gasteiger partial charge on any atom is 0.311 e. The molecule has 0 aromatic rings. The Morgan fingerprint density at radius 1 is 1.35 bits per heavy atom. The Labute approximate surface area is 156 Å². The Morgan fingerprint density at radius 2 is 2.00 bits per heavy atom. The molecule has 0 N–H and O–H groups in total. The van der Waals surface area contributed by atoms with Gasteiger partial charge in [0.15, 0.2) is 0 Å². The number of carboxylic acid groups (broad SMARTS) is 1. The van der Waals surface area contributed by atoms with E-state index in [1.165, 1.54) is 0 Å². The van der Waals surface area contributed by atoms with Crippen molar-refractivity contribution in [2.75, 3.05) is 33.8 Å². The zero-order valence-electron chi connectivity index (χ0n) is 16.7. The van der Waals surface area contributed by atoms with Gasteiger partial charge in [-0.2, -0.15) is 0 Å². The van der Waals surface area contributed by atoms with Crippen LogP contribution in [0.2, 0.25) is 0 Å². The van der Waals surface area contributed by atoms with E-state index in [0.29, 0.717) is 32.4 Å². The minimum atomic E-state index is -1.15. The molecule has 3 atom stereocenters. The summed E-state index contributed by atoms with van der Waals surface area (Å²) in [5.74, 6) is -2.18. The maximum atomic E-state index is 12.8. The van der Waals surface area contributed by atoms with Crippen molar-refractivity contribution in [3.8, 4) is 0 Å². The van der Waals surface area contributed by atoms with Crippen LogP contribution in [0, 0.1) is 11.3 Å². The first-order valence-corrected chi connectivity index (χ1v) is 9.43. The minimum Gasteiger partial charge on any atom is -0.550 e. The van der Waals surface area contributed by atoms with Crippen molar-refractivity contribution in [2.45, 2.75) is 58.9 Å². The molecule has 1 amide bonds. The van der Waals surface area contributed by atoms with E-state index >= 15 is 0 Å². The Balaban J connectivity index is 2.89. The minimum absolute atomic E-state index is 0.0905. The van der Waals surface area contributed by atoms with Gasteiger partial charge in [-0.1, -0.05) is 6.92 Å². The van der Waals surface area contributed by atoms with Crippen molar-refractivity contribution in [3.63, 3.8) is 0 Å². The van der Waals surface area contributed by atoms with Crippen LogP contribution in [0.25, 0.3) is 0 Å². The third-order valence-electron chi connectivity index (χ3n) is 5.18. The monoisotopic (exact) mass is 369 g/mol. The van der Waals surface area contributed by atoms with E-state index in [2.05, 4.69) is 0 Å². The molecule has 3 unspecified atom stereocenters. The zero-order valence-corrected chi connectivity index (χ0v) is 16.7. The van der Waals surface area contributed by atoms with Gasteiger partial charge < -0.3 is 24.4 Å². The molecule has 0 aromatic heterocycles. The largest absolute Gasteiger partial charge is 0.550 e. The van der Waals surface area contributed by atoms with Gasteiger partial charge >= 0.3 is 5.97 Å². The van der Waals surface area contributed by atoms with Crippen molar-refractivity contribution >= 4 is 17.8 Å². The van der Waals surface area contributed by atoms with E-state index in [4.69, 9.17) is 4.74 Å². The Hall–Kier alpha value is -1.63. The molecule has 1 heterocycles. The number of hydrogen-bond donors (Lipinski definition) is 0. The Kier molecular flexibility index (Phi) is 8.53. The summed E-state index contributed by atoms with van der Waals surface area (Å²) in [4.78, 5) is 39.9. The molecule has 0 spiro atoms. The molecule has 0 aliphatic carbocycles. The molecular weight excluding hydrogens is 336 g/mol. The molecule has 1 saturated heterocycles. The summed E-state index contributed by atoms with van der Waals surface area (Å²) in [5, 5.41) is 11.4. The van der Waals surface area contributed by atoms with Gasteiger partial charge in [0, 0.05) is 31.5 Å². The summed E-state index contributed by atoms with van der Waals surface area (Å²) in [7, 11) is 3.77. The number of ether oxygens (including phenoxy) is 1. The molecule has 26 heavy (non-hydrogen) atoms. The number of aliphatic carboxylic acids is 1. The first kappa shape index (κ1) is 22.4. The topological polar surface area (TPSA) is 90.0 Å². The van der Waals surface area contributed by atoms with Gasteiger partial charge in [-0.25, -0.2) is 0 Å². The summed E-state index contributed by atoms with van der Waals surface area (Å²) in [6, 6.07) is -0.143. The maximum absolute atomic E-state index is 12.8. The van der Waals surface area contributed by atoms with Gasteiger partial charge in [-0.3, -0.25) is 9.59 Å². The van der Waals surface area contributed by atoms with Crippen LogP contribution >= 0.6 is 0 Å². The molecule has 0 saturated carbocycles. The Bertz CT molecular complexity index is 508. The van der Waals surface area contributed by atoms with Gasteiger partial charge in [0.2, 0.25) is 5.91 Å². The first-order valence-electron chi connectivity index (χ1n) is 9.43. The summed E-state index contributed by atoms with van der Waals surface area (Å²) < 4.78 is 5.44. The fourth-order valence-electron chi connectivity index (χ4n) is 3.58. The number of nitrogens with zero attached hydrogens (tertiary/aromatic N) is 2.